The molecule has 4 amide bonds. The van der Waals surface area contributed by atoms with Crippen molar-refractivity contribution in [1.29, 1.82) is 0 Å². The van der Waals surface area contributed by atoms with Crippen LogP contribution in [0.25, 0.3) is 17.4 Å². The van der Waals surface area contributed by atoms with E-state index in [1.54, 1.807) is 86.6 Å². The summed E-state index contributed by atoms with van der Waals surface area (Å²) in [5.74, 6) is -1.08. The van der Waals surface area contributed by atoms with Gasteiger partial charge in [-0.05, 0) is 74.9 Å². The van der Waals surface area contributed by atoms with Crippen LogP contribution in [0, 0.1) is 30.9 Å². The first-order chi connectivity index (χ1) is 18.7. The van der Waals surface area contributed by atoms with Crippen molar-refractivity contribution in [2.24, 2.45) is 0 Å². The van der Waals surface area contributed by atoms with Crippen molar-refractivity contribution in [3.05, 3.63) is 117 Å². The molecule has 1 saturated heterocycles. The molecule has 1 aliphatic rings. The van der Waals surface area contributed by atoms with Gasteiger partial charge in [0, 0.05) is 17.2 Å². The van der Waals surface area contributed by atoms with Gasteiger partial charge in [0.25, 0.3) is 17.5 Å². The lowest BCUT2D eigenvalue weighted by atomic mass is 10.0. The van der Waals surface area contributed by atoms with Crippen molar-refractivity contribution < 1.29 is 23.7 Å². The van der Waals surface area contributed by atoms with Crippen LogP contribution in [-0.4, -0.2) is 22.8 Å². The Balaban J connectivity index is 1.59. The van der Waals surface area contributed by atoms with Gasteiger partial charge in [0.15, 0.2) is 0 Å². The van der Waals surface area contributed by atoms with Gasteiger partial charge in [-0.25, -0.2) is 14.6 Å². The summed E-state index contributed by atoms with van der Waals surface area (Å²) in [5.41, 5.74) is 3.02. The molecule has 1 aliphatic heterocycles. The van der Waals surface area contributed by atoms with Crippen molar-refractivity contribution in [3.63, 3.8) is 0 Å². The van der Waals surface area contributed by atoms with E-state index in [4.69, 9.17) is 4.42 Å². The van der Waals surface area contributed by atoms with Gasteiger partial charge in [-0.2, -0.15) is 0 Å². The summed E-state index contributed by atoms with van der Waals surface area (Å²) in [7, 11) is 0. The second kappa shape index (κ2) is 9.86. The third-order valence-corrected chi connectivity index (χ3v) is 6.59. The summed E-state index contributed by atoms with van der Waals surface area (Å²) < 4.78 is 5.90. The summed E-state index contributed by atoms with van der Waals surface area (Å²) in [6, 6.07) is 20.7. The van der Waals surface area contributed by atoms with Crippen LogP contribution in [0.15, 0.2) is 88.9 Å². The predicted octanol–water partition coefficient (Wildman–Crippen LogP) is 6.36. The number of aryl methyl sites for hydroxylation is 2. The Kier molecular flexibility index (Phi) is 6.41. The number of furan rings is 1. The summed E-state index contributed by atoms with van der Waals surface area (Å²) in [6.07, 6.45) is 1.28. The third kappa shape index (κ3) is 4.61. The van der Waals surface area contributed by atoms with Gasteiger partial charge in [-0.3, -0.25) is 19.7 Å². The van der Waals surface area contributed by atoms with E-state index in [0.29, 0.717) is 28.3 Å². The van der Waals surface area contributed by atoms with Crippen LogP contribution in [-0.2, 0) is 9.59 Å². The highest BCUT2D eigenvalue weighted by atomic mass is 16.6. The first-order valence-electron chi connectivity index (χ1n) is 12.1. The molecule has 0 atom stereocenters. The number of hydrogen-bond donors (Lipinski definition) is 0. The molecule has 0 saturated carbocycles. The maximum atomic E-state index is 13.6. The molecule has 39 heavy (non-hydrogen) atoms. The summed E-state index contributed by atoms with van der Waals surface area (Å²) in [6.45, 7) is 5.33. The van der Waals surface area contributed by atoms with Crippen molar-refractivity contribution in [3.8, 4) is 11.3 Å². The zero-order valence-corrected chi connectivity index (χ0v) is 21.4. The largest absolute Gasteiger partial charge is 0.457 e. The van der Waals surface area contributed by atoms with Gasteiger partial charge in [0.2, 0.25) is 0 Å². The van der Waals surface area contributed by atoms with Crippen LogP contribution < -0.4 is 9.80 Å². The van der Waals surface area contributed by atoms with E-state index in [-0.39, 0.29) is 17.0 Å². The van der Waals surface area contributed by atoms with Crippen LogP contribution in [0.5, 0.6) is 0 Å². The van der Waals surface area contributed by atoms with E-state index in [0.717, 1.165) is 20.9 Å². The zero-order chi connectivity index (χ0) is 27.8. The number of nitro groups is 1. The molecule has 3 aromatic carbocycles. The molecule has 0 N–H and O–H groups in total. The SMILES string of the molecule is Cc1ccc(N2C(=O)/C(=C/c3ccc(-c4cc(C)c(C)c([N+](=O)[O-])c4)o3)C(=O)N(c3ccccc3)C2=O)cc1. The number of hydrogen-bond acceptors (Lipinski definition) is 6. The molecule has 9 nitrogen and oxygen atoms in total. The van der Waals surface area contributed by atoms with E-state index < -0.39 is 22.8 Å². The van der Waals surface area contributed by atoms with Gasteiger partial charge in [0.1, 0.15) is 17.1 Å². The Morgan fingerprint density at radius 3 is 2.03 bits per heavy atom. The summed E-state index contributed by atoms with van der Waals surface area (Å²) in [5, 5.41) is 11.5. The van der Waals surface area contributed by atoms with E-state index in [1.807, 2.05) is 6.92 Å². The number of rotatable bonds is 5. The van der Waals surface area contributed by atoms with E-state index in [2.05, 4.69) is 0 Å². The molecule has 4 aromatic rings. The number of para-hydroxylation sites is 1. The van der Waals surface area contributed by atoms with Crippen LogP contribution in [0.4, 0.5) is 21.9 Å². The number of amides is 4. The standard InChI is InChI=1S/C30H23N3O6/c1-18-9-11-23(12-10-18)32-29(35)25(28(34)31(30(32)36)22-7-5-4-6-8-22)17-24-13-14-27(39-24)21-15-19(2)20(3)26(16-21)33(37)38/h4-17H,1-3H3/b25-17+. The third-order valence-electron chi connectivity index (χ3n) is 6.59. The molecule has 0 spiro atoms. The quantitative estimate of drug-likeness (QED) is 0.131. The number of urea groups is 1. The first kappa shape index (κ1) is 25.3. The minimum atomic E-state index is -0.792. The van der Waals surface area contributed by atoms with Crippen molar-refractivity contribution >= 4 is 41.0 Å². The van der Waals surface area contributed by atoms with E-state index in [9.17, 15) is 24.5 Å². The van der Waals surface area contributed by atoms with Gasteiger partial charge in [0.05, 0.1) is 16.3 Å². The highest BCUT2D eigenvalue weighted by molar-refractivity contribution is 6.46. The number of barbiturate groups is 1. The first-order valence-corrected chi connectivity index (χ1v) is 12.1. The maximum absolute atomic E-state index is 13.6. The number of carbonyl (C=O) groups excluding carboxylic acids is 3. The second-order valence-corrected chi connectivity index (χ2v) is 9.19. The number of nitrogens with zero attached hydrogens (tertiary/aromatic N) is 3. The molecule has 0 aliphatic carbocycles. The van der Waals surface area contributed by atoms with Crippen LogP contribution in [0.3, 0.4) is 0 Å². The molecular weight excluding hydrogens is 498 g/mol. The van der Waals surface area contributed by atoms with Gasteiger partial charge < -0.3 is 4.42 Å². The molecule has 1 fully saturated rings. The van der Waals surface area contributed by atoms with E-state index in [1.165, 1.54) is 12.1 Å². The lowest BCUT2D eigenvalue weighted by Gasteiger charge is -2.33. The number of nitro benzene ring substituents is 1. The average molecular weight is 522 g/mol. The zero-order valence-electron chi connectivity index (χ0n) is 21.4. The van der Waals surface area contributed by atoms with Crippen LogP contribution in [0.1, 0.15) is 22.5 Å². The lowest BCUT2D eigenvalue weighted by molar-refractivity contribution is -0.385. The highest BCUT2D eigenvalue weighted by Gasteiger charge is 2.43. The Morgan fingerprint density at radius 1 is 0.795 bits per heavy atom. The Bertz CT molecular complexity index is 1670. The molecule has 9 heteroatoms. The molecule has 194 valence electrons. The Labute approximate surface area is 223 Å². The van der Waals surface area contributed by atoms with Crippen molar-refractivity contribution in [1.82, 2.24) is 0 Å². The molecule has 2 heterocycles. The van der Waals surface area contributed by atoms with Crippen LogP contribution >= 0.6 is 0 Å². The minimum absolute atomic E-state index is 0.0373. The number of imide groups is 2. The number of benzene rings is 3. The topological polar surface area (TPSA) is 114 Å². The molecule has 0 bridgehead atoms. The fourth-order valence-corrected chi connectivity index (χ4v) is 4.36. The number of anilines is 2. The second-order valence-electron chi connectivity index (χ2n) is 9.19. The van der Waals surface area contributed by atoms with Crippen LogP contribution in [0.2, 0.25) is 0 Å². The maximum Gasteiger partial charge on any atom is 0.343 e. The fraction of sp³-hybridized carbons (Fsp3) is 0.100. The molecule has 1 aromatic heterocycles. The van der Waals surface area contributed by atoms with Gasteiger partial charge in [-0.15, -0.1) is 0 Å². The summed E-state index contributed by atoms with van der Waals surface area (Å²) >= 11 is 0. The smallest absolute Gasteiger partial charge is 0.343 e. The molecule has 5 rings (SSSR count). The van der Waals surface area contributed by atoms with Crippen molar-refractivity contribution in [2.75, 3.05) is 9.80 Å². The Hall–Kier alpha value is -5.31. The highest BCUT2D eigenvalue weighted by Crippen LogP contribution is 2.33. The molecular formula is C30H23N3O6. The number of carbonyl (C=O) groups is 3. The lowest BCUT2D eigenvalue weighted by Crippen LogP contribution is -2.57. The summed E-state index contributed by atoms with van der Waals surface area (Å²) in [4.78, 5) is 53.5. The fourth-order valence-electron chi connectivity index (χ4n) is 4.36. The molecule has 0 radical (unpaired) electrons. The minimum Gasteiger partial charge on any atom is -0.457 e. The van der Waals surface area contributed by atoms with Gasteiger partial charge in [-0.1, -0.05) is 35.9 Å². The van der Waals surface area contributed by atoms with Crippen molar-refractivity contribution in [2.45, 2.75) is 20.8 Å². The Morgan fingerprint density at radius 2 is 1.41 bits per heavy atom. The van der Waals surface area contributed by atoms with Gasteiger partial charge >= 0.3 is 6.03 Å². The van der Waals surface area contributed by atoms with E-state index >= 15 is 0 Å². The predicted molar refractivity (Wildman–Crippen MR) is 146 cm³/mol. The average Bonchev–Trinajstić information content (AvgIpc) is 3.38. The molecule has 0 unspecified atom stereocenters. The monoisotopic (exact) mass is 521 g/mol. The normalized spacial score (nSPS) is 14.8.